The van der Waals surface area contributed by atoms with Crippen LogP contribution in [0.3, 0.4) is 0 Å². The molecule has 0 radical (unpaired) electrons. The first-order valence-electron chi connectivity index (χ1n) is 5.73. The Morgan fingerprint density at radius 3 is 2.67 bits per heavy atom. The third kappa shape index (κ3) is 1.76. The summed E-state index contributed by atoms with van der Waals surface area (Å²) < 4.78 is 5.78. The summed E-state index contributed by atoms with van der Waals surface area (Å²) in [5.41, 5.74) is 0.237. The van der Waals surface area contributed by atoms with Crippen molar-refractivity contribution in [1.82, 2.24) is 0 Å². The van der Waals surface area contributed by atoms with Gasteiger partial charge in [0.2, 0.25) is 0 Å². The lowest BCUT2D eigenvalue weighted by Gasteiger charge is -2.38. The second kappa shape index (κ2) is 3.18. The Hall–Kier alpha value is -0.630. The fourth-order valence-corrected chi connectivity index (χ4v) is 3.01. The molecule has 0 amide bonds. The normalized spacial score (nSPS) is 42.7. The van der Waals surface area contributed by atoms with Crippen molar-refractivity contribution in [2.45, 2.75) is 52.2 Å². The van der Waals surface area contributed by atoms with E-state index in [1.807, 2.05) is 0 Å². The van der Waals surface area contributed by atoms with Gasteiger partial charge in [-0.1, -0.05) is 19.9 Å². The summed E-state index contributed by atoms with van der Waals surface area (Å²) in [6, 6.07) is 0. The van der Waals surface area contributed by atoms with Crippen molar-refractivity contribution in [3.63, 3.8) is 0 Å². The van der Waals surface area contributed by atoms with Crippen LogP contribution >= 0.6 is 0 Å². The van der Waals surface area contributed by atoms with Crippen LogP contribution in [-0.2, 0) is 9.53 Å². The molecule has 0 bridgehead atoms. The molecule has 0 aromatic rings. The van der Waals surface area contributed by atoms with Crippen LogP contribution in [0.25, 0.3) is 0 Å². The molecule has 1 unspecified atom stereocenters. The molecule has 1 heterocycles. The predicted molar refractivity (Wildman–Crippen MR) is 59.6 cm³/mol. The number of epoxide rings is 1. The van der Waals surface area contributed by atoms with Crippen LogP contribution in [0.15, 0.2) is 12.2 Å². The van der Waals surface area contributed by atoms with Crippen LogP contribution in [0.1, 0.15) is 40.5 Å². The molecule has 0 N–H and O–H groups in total. The maximum Gasteiger partial charge on any atom is 0.152 e. The van der Waals surface area contributed by atoms with E-state index in [0.29, 0.717) is 12.0 Å². The molecular formula is C13H20O2. The van der Waals surface area contributed by atoms with E-state index in [4.69, 9.17) is 4.74 Å². The number of hydrogen-bond donors (Lipinski definition) is 0. The van der Waals surface area contributed by atoms with E-state index < -0.39 is 0 Å². The zero-order valence-corrected chi connectivity index (χ0v) is 10.0. The molecule has 0 spiro atoms. The van der Waals surface area contributed by atoms with Gasteiger partial charge in [-0.15, -0.1) is 0 Å². The molecule has 2 nitrogen and oxygen atoms in total. The van der Waals surface area contributed by atoms with Gasteiger partial charge in [0.1, 0.15) is 0 Å². The first-order valence-corrected chi connectivity index (χ1v) is 5.73. The minimum atomic E-state index is -0.00625. The van der Waals surface area contributed by atoms with Gasteiger partial charge >= 0.3 is 0 Å². The Bertz CT molecular complexity index is 312. The summed E-state index contributed by atoms with van der Waals surface area (Å²) in [6.45, 7) is 8.31. The molecule has 1 aliphatic heterocycles. The van der Waals surface area contributed by atoms with Gasteiger partial charge in [-0.05, 0) is 38.2 Å². The molecule has 2 heteroatoms. The molecule has 15 heavy (non-hydrogen) atoms. The van der Waals surface area contributed by atoms with Gasteiger partial charge in [-0.25, -0.2) is 0 Å². The van der Waals surface area contributed by atoms with Gasteiger partial charge in [0.05, 0.1) is 11.7 Å². The minimum Gasteiger partial charge on any atom is -0.366 e. The van der Waals surface area contributed by atoms with Crippen LogP contribution in [0, 0.1) is 11.3 Å². The monoisotopic (exact) mass is 208 g/mol. The van der Waals surface area contributed by atoms with E-state index in [0.717, 1.165) is 6.42 Å². The number of ketones is 1. The van der Waals surface area contributed by atoms with E-state index in [9.17, 15) is 4.79 Å². The molecule has 2 aliphatic rings. The molecule has 0 aromatic carbocycles. The number of allylic oxidation sites excluding steroid dienone is 1. The fraction of sp³-hybridized carbons (Fsp3) is 0.769. The quantitative estimate of drug-likeness (QED) is 0.516. The van der Waals surface area contributed by atoms with Crippen molar-refractivity contribution < 1.29 is 9.53 Å². The highest BCUT2D eigenvalue weighted by Gasteiger charge is 2.63. The van der Waals surface area contributed by atoms with Crippen molar-refractivity contribution in [2.24, 2.45) is 11.3 Å². The van der Waals surface area contributed by atoms with Crippen LogP contribution in [0.2, 0.25) is 0 Å². The van der Waals surface area contributed by atoms with Gasteiger partial charge in [0, 0.05) is 5.92 Å². The van der Waals surface area contributed by atoms with E-state index in [2.05, 4.69) is 26.8 Å². The molecule has 84 valence electrons. The number of hydrogen-bond acceptors (Lipinski definition) is 2. The summed E-state index contributed by atoms with van der Waals surface area (Å²) in [4.78, 5) is 11.0. The highest BCUT2D eigenvalue weighted by molar-refractivity contribution is 5.87. The first-order chi connectivity index (χ1) is 6.86. The van der Waals surface area contributed by atoms with E-state index in [1.165, 1.54) is 6.42 Å². The zero-order valence-electron chi connectivity index (χ0n) is 10.0. The predicted octanol–water partition coefficient (Wildman–Crippen LogP) is 2.73. The van der Waals surface area contributed by atoms with Crippen LogP contribution < -0.4 is 0 Å². The lowest BCUT2D eigenvalue weighted by molar-refractivity contribution is -0.112. The molecule has 0 aromatic heterocycles. The maximum absolute atomic E-state index is 11.0. The molecule has 3 atom stereocenters. The molecular weight excluding hydrogens is 188 g/mol. The fourth-order valence-electron chi connectivity index (χ4n) is 3.01. The smallest absolute Gasteiger partial charge is 0.152 e. The minimum absolute atomic E-state index is 0.00625. The molecule has 1 aliphatic carbocycles. The Morgan fingerprint density at radius 1 is 1.40 bits per heavy atom. The number of fused-ring (bicyclic) bond motifs is 1. The van der Waals surface area contributed by atoms with E-state index in [-0.39, 0.29) is 16.8 Å². The number of rotatable bonds is 2. The topological polar surface area (TPSA) is 29.6 Å². The second-order valence-electron chi connectivity index (χ2n) is 5.77. The summed E-state index contributed by atoms with van der Waals surface area (Å²) in [6.07, 6.45) is 6.52. The van der Waals surface area contributed by atoms with Gasteiger partial charge in [-0.2, -0.15) is 0 Å². The van der Waals surface area contributed by atoms with Crippen molar-refractivity contribution in [1.29, 1.82) is 0 Å². The molecule has 2 rings (SSSR count). The number of carbonyl (C=O) groups is 1. The van der Waals surface area contributed by atoms with Crippen LogP contribution in [0.4, 0.5) is 0 Å². The largest absolute Gasteiger partial charge is 0.366 e. The van der Waals surface area contributed by atoms with E-state index >= 15 is 0 Å². The summed E-state index contributed by atoms with van der Waals surface area (Å²) in [5, 5.41) is 0. The Labute approximate surface area is 91.7 Å². The van der Waals surface area contributed by atoms with E-state index in [1.54, 1.807) is 13.0 Å². The molecule has 2 fully saturated rings. The van der Waals surface area contributed by atoms with Gasteiger partial charge < -0.3 is 4.74 Å². The number of carbonyl (C=O) groups excluding carboxylic acids is 1. The summed E-state index contributed by atoms with van der Waals surface area (Å²) >= 11 is 0. The van der Waals surface area contributed by atoms with Crippen molar-refractivity contribution in [3.8, 4) is 0 Å². The lowest BCUT2D eigenvalue weighted by Crippen LogP contribution is -2.39. The third-order valence-corrected chi connectivity index (χ3v) is 4.01. The van der Waals surface area contributed by atoms with Gasteiger partial charge in [0.25, 0.3) is 0 Å². The van der Waals surface area contributed by atoms with Crippen molar-refractivity contribution in [2.75, 3.05) is 0 Å². The van der Waals surface area contributed by atoms with Crippen LogP contribution in [0.5, 0.6) is 0 Å². The van der Waals surface area contributed by atoms with Crippen molar-refractivity contribution >= 4 is 5.78 Å². The Balaban J connectivity index is 2.21. The summed E-state index contributed by atoms with van der Waals surface area (Å²) in [7, 11) is 0. The highest BCUT2D eigenvalue weighted by Crippen LogP contribution is 2.58. The van der Waals surface area contributed by atoms with Crippen LogP contribution in [-0.4, -0.2) is 17.5 Å². The summed E-state index contributed by atoms with van der Waals surface area (Å²) in [5.74, 6) is 0.491. The third-order valence-electron chi connectivity index (χ3n) is 4.01. The average Bonchev–Trinajstić information content (AvgIpc) is 2.74. The molecule has 1 saturated carbocycles. The SMILES string of the molecule is CC(=O)/C=C/C1C(C)(C)CC[C@H]2O[C@@]12C. The lowest BCUT2D eigenvalue weighted by atomic mass is 9.64. The van der Waals surface area contributed by atoms with Gasteiger partial charge in [0.15, 0.2) is 5.78 Å². The Kier molecular flexibility index (Phi) is 2.30. The first kappa shape index (κ1) is 10.9. The Morgan fingerprint density at radius 2 is 2.07 bits per heavy atom. The van der Waals surface area contributed by atoms with Gasteiger partial charge in [-0.3, -0.25) is 4.79 Å². The second-order valence-corrected chi connectivity index (χ2v) is 5.77. The average molecular weight is 208 g/mol. The highest BCUT2D eigenvalue weighted by atomic mass is 16.6. The maximum atomic E-state index is 11.0. The number of ether oxygens (including phenoxy) is 1. The molecule has 1 saturated heterocycles. The zero-order chi connectivity index (χ0) is 11.3. The van der Waals surface area contributed by atoms with Crippen molar-refractivity contribution in [3.05, 3.63) is 12.2 Å². The standard InChI is InChI=1S/C13H20O2/c1-9(14)5-6-10-12(2,3)8-7-11-13(10,4)15-11/h5-6,10-11H,7-8H2,1-4H3/b6-5+/t10?,11-,13+/m1/s1.